The summed E-state index contributed by atoms with van der Waals surface area (Å²) in [5.74, 6) is 0.815. The van der Waals surface area contributed by atoms with E-state index in [2.05, 4.69) is 10.6 Å². The Morgan fingerprint density at radius 2 is 1.83 bits per heavy atom. The zero-order valence-corrected chi connectivity index (χ0v) is 11.5. The quantitative estimate of drug-likeness (QED) is 0.844. The van der Waals surface area contributed by atoms with Gasteiger partial charge in [0.1, 0.15) is 5.75 Å². The van der Waals surface area contributed by atoms with E-state index >= 15 is 0 Å². The SMILES string of the molecule is CC[C@H](C)NC(=O)N[C@@H](C)c1ccc(OC)cc1. The fourth-order valence-corrected chi connectivity index (χ4v) is 1.54. The molecule has 0 fully saturated rings. The highest BCUT2D eigenvalue weighted by molar-refractivity contribution is 5.74. The minimum absolute atomic E-state index is 0.0278. The molecule has 0 bridgehead atoms. The summed E-state index contributed by atoms with van der Waals surface area (Å²) in [7, 11) is 1.64. The van der Waals surface area contributed by atoms with E-state index in [1.165, 1.54) is 0 Å². The van der Waals surface area contributed by atoms with Crippen molar-refractivity contribution in [3.05, 3.63) is 29.8 Å². The van der Waals surface area contributed by atoms with Crippen LogP contribution in [0.25, 0.3) is 0 Å². The minimum Gasteiger partial charge on any atom is -0.497 e. The summed E-state index contributed by atoms with van der Waals surface area (Å²) in [6.07, 6.45) is 0.921. The average molecular weight is 250 g/mol. The number of ether oxygens (including phenoxy) is 1. The second-order valence-electron chi connectivity index (χ2n) is 4.42. The van der Waals surface area contributed by atoms with Crippen LogP contribution >= 0.6 is 0 Å². The van der Waals surface area contributed by atoms with Crippen molar-refractivity contribution in [1.82, 2.24) is 10.6 Å². The molecule has 18 heavy (non-hydrogen) atoms. The number of benzene rings is 1. The van der Waals surface area contributed by atoms with Gasteiger partial charge in [0.25, 0.3) is 0 Å². The van der Waals surface area contributed by atoms with Crippen molar-refractivity contribution in [3.63, 3.8) is 0 Å². The number of carbonyl (C=O) groups is 1. The lowest BCUT2D eigenvalue weighted by atomic mass is 10.1. The molecule has 0 aromatic heterocycles. The van der Waals surface area contributed by atoms with Gasteiger partial charge in [0.15, 0.2) is 0 Å². The number of rotatable bonds is 5. The molecule has 0 aliphatic rings. The van der Waals surface area contributed by atoms with Crippen molar-refractivity contribution >= 4 is 6.03 Å². The number of nitrogens with one attached hydrogen (secondary N) is 2. The van der Waals surface area contributed by atoms with Gasteiger partial charge in [-0.05, 0) is 38.0 Å². The van der Waals surface area contributed by atoms with Crippen molar-refractivity contribution in [2.75, 3.05) is 7.11 Å². The third kappa shape index (κ3) is 4.28. The molecule has 1 aromatic carbocycles. The predicted octanol–water partition coefficient (Wildman–Crippen LogP) is 2.85. The maximum atomic E-state index is 11.7. The molecule has 0 saturated carbocycles. The monoisotopic (exact) mass is 250 g/mol. The molecule has 1 aromatic rings. The van der Waals surface area contributed by atoms with Crippen molar-refractivity contribution in [1.29, 1.82) is 0 Å². The van der Waals surface area contributed by atoms with Crippen LogP contribution in [0.15, 0.2) is 24.3 Å². The van der Waals surface area contributed by atoms with E-state index in [1.54, 1.807) is 7.11 Å². The zero-order chi connectivity index (χ0) is 13.5. The fraction of sp³-hybridized carbons (Fsp3) is 0.500. The smallest absolute Gasteiger partial charge is 0.315 e. The van der Waals surface area contributed by atoms with Crippen LogP contribution in [-0.4, -0.2) is 19.2 Å². The first kappa shape index (κ1) is 14.4. The minimum atomic E-state index is -0.132. The summed E-state index contributed by atoms with van der Waals surface area (Å²) in [6.45, 7) is 5.98. The van der Waals surface area contributed by atoms with Gasteiger partial charge in [-0.1, -0.05) is 19.1 Å². The van der Waals surface area contributed by atoms with Crippen LogP contribution in [0.1, 0.15) is 38.8 Å². The summed E-state index contributed by atoms with van der Waals surface area (Å²) in [5.41, 5.74) is 1.05. The number of hydrogen-bond acceptors (Lipinski definition) is 2. The number of carbonyl (C=O) groups excluding carboxylic acids is 1. The molecule has 0 saturated heterocycles. The summed E-state index contributed by atoms with van der Waals surface area (Å²) < 4.78 is 5.10. The lowest BCUT2D eigenvalue weighted by molar-refractivity contribution is 0.234. The molecule has 2 N–H and O–H groups in total. The van der Waals surface area contributed by atoms with Gasteiger partial charge in [-0.2, -0.15) is 0 Å². The van der Waals surface area contributed by atoms with Crippen LogP contribution in [0.4, 0.5) is 4.79 Å². The second-order valence-corrected chi connectivity index (χ2v) is 4.42. The lowest BCUT2D eigenvalue weighted by Crippen LogP contribution is -2.41. The van der Waals surface area contributed by atoms with Gasteiger partial charge in [0, 0.05) is 6.04 Å². The Balaban J connectivity index is 2.53. The third-order valence-electron chi connectivity index (χ3n) is 2.95. The van der Waals surface area contributed by atoms with Crippen LogP contribution in [-0.2, 0) is 0 Å². The number of hydrogen-bond donors (Lipinski definition) is 2. The summed E-state index contributed by atoms with van der Waals surface area (Å²) >= 11 is 0. The maximum absolute atomic E-state index is 11.7. The van der Waals surface area contributed by atoms with E-state index in [9.17, 15) is 4.79 Å². The van der Waals surface area contributed by atoms with Crippen LogP contribution in [0.3, 0.4) is 0 Å². The maximum Gasteiger partial charge on any atom is 0.315 e. The Bertz CT molecular complexity index is 376. The molecule has 0 aliphatic heterocycles. The predicted molar refractivity (Wildman–Crippen MR) is 72.8 cm³/mol. The van der Waals surface area contributed by atoms with E-state index in [0.717, 1.165) is 17.7 Å². The molecule has 0 aliphatic carbocycles. The summed E-state index contributed by atoms with van der Waals surface area (Å²) in [4.78, 5) is 11.7. The van der Waals surface area contributed by atoms with Crippen LogP contribution in [0, 0.1) is 0 Å². The highest BCUT2D eigenvalue weighted by Gasteiger charge is 2.10. The molecule has 4 nitrogen and oxygen atoms in total. The molecule has 4 heteroatoms. The summed E-state index contributed by atoms with van der Waals surface area (Å²) in [6, 6.07) is 7.71. The van der Waals surface area contributed by atoms with Crippen LogP contribution in [0.2, 0.25) is 0 Å². The lowest BCUT2D eigenvalue weighted by Gasteiger charge is -2.17. The van der Waals surface area contributed by atoms with Gasteiger partial charge >= 0.3 is 6.03 Å². The molecular weight excluding hydrogens is 228 g/mol. The Kier molecular flexibility index (Phi) is 5.49. The van der Waals surface area contributed by atoms with Gasteiger partial charge in [-0.25, -0.2) is 4.79 Å². The van der Waals surface area contributed by atoms with Crippen molar-refractivity contribution in [2.45, 2.75) is 39.3 Å². The van der Waals surface area contributed by atoms with E-state index < -0.39 is 0 Å². The third-order valence-corrected chi connectivity index (χ3v) is 2.95. The molecule has 2 amide bonds. The Morgan fingerprint density at radius 3 is 2.33 bits per heavy atom. The number of urea groups is 1. The molecule has 0 radical (unpaired) electrons. The fourth-order valence-electron chi connectivity index (χ4n) is 1.54. The number of methoxy groups -OCH3 is 1. The largest absolute Gasteiger partial charge is 0.497 e. The Hall–Kier alpha value is -1.71. The molecule has 0 heterocycles. The van der Waals surface area contributed by atoms with Gasteiger partial charge in [-0.3, -0.25) is 0 Å². The zero-order valence-electron chi connectivity index (χ0n) is 11.5. The van der Waals surface area contributed by atoms with E-state index in [0.29, 0.717) is 0 Å². The second kappa shape index (κ2) is 6.89. The van der Waals surface area contributed by atoms with Gasteiger partial charge < -0.3 is 15.4 Å². The first-order valence-corrected chi connectivity index (χ1v) is 6.27. The first-order valence-electron chi connectivity index (χ1n) is 6.27. The van der Waals surface area contributed by atoms with Crippen molar-refractivity contribution < 1.29 is 9.53 Å². The molecule has 100 valence electrons. The van der Waals surface area contributed by atoms with E-state index in [4.69, 9.17) is 4.74 Å². The van der Waals surface area contributed by atoms with Crippen LogP contribution < -0.4 is 15.4 Å². The van der Waals surface area contributed by atoms with Gasteiger partial charge in [0.2, 0.25) is 0 Å². The van der Waals surface area contributed by atoms with Crippen molar-refractivity contribution in [3.8, 4) is 5.75 Å². The molecule has 0 spiro atoms. The molecular formula is C14H22N2O2. The normalized spacial score (nSPS) is 13.6. The summed E-state index contributed by atoms with van der Waals surface area (Å²) in [5, 5.41) is 5.79. The molecule has 2 atom stereocenters. The van der Waals surface area contributed by atoms with Gasteiger partial charge in [0.05, 0.1) is 13.2 Å². The van der Waals surface area contributed by atoms with E-state index in [-0.39, 0.29) is 18.1 Å². The van der Waals surface area contributed by atoms with Crippen LogP contribution in [0.5, 0.6) is 5.75 Å². The molecule has 1 rings (SSSR count). The standard InChI is InChI=1S/C14H22N2O2/c1-5-10(2)15-14(17)16-11(3)12-6-8-13(18-4)9-7-12/h6-11H,5H2,1-4H3,(H2,15,16,17)/t10-,11-/m0/s1. The van der Waals surface area contributed by atoms with E-state index in [1.807, 2.05) is 45.0 Å². The number of amides is 2. The first-order chi connectivity index (χ1) is 8.56. The Morgan fingerprint density at radius 1 is 1.22 bits per heavy atom. The highest BCUT2D eigenvalue weighted by Crippen LogP contribution is 2.16. The van der Waals surface area contributed by atoms with Gasteiger partial charge in [-0.15, -0.1) is 0 Å². The van der Waals surface area contributed by atoms with Crippen molar-refractivity contribution in [2.24, 2.45) is 0 Å². The Labute approximate surface area is 109 Å². The molecule has 0 unspecified atom stereocenters. The average Bonchev–Trinajstić information content (AvgIpc) is 2.38. The highest BCUT2D eigenvalue weighted by atomic mass is 16.5. The topological polar surface area (TPSA) is 50.4 Å².